The Hall–Kier alpha value is -1.84. The van der Waals surface area contributed by atoms with Gasteiger partial charge in [-0.25, -0.2) is 0 Å². The number of hydrogen-bond acceptors (Lipinski definition) is 2. The molecule has 1 aliphatic carbocycles. The molecular formula is C16H20N2O2. The third-order valence-corrected chi connectivity index (χ3v) is 4.13. The van der Waals surface area contributed by atoms with Crippen LogP contribution in [0.5, 0.6) is 0 Å². The maximum absolute atomic E-state index is 12.3. The average molecular weight is 272 g/mol. The predicted octanol–water partition coefficient (Wildman–Crippen LogP) is 1.07. The number of benzene rings is 1. The number of nitrogens with zero attached hydrogens (tertiary/aromatic N) is 1. The Kier molecular flexibility index (Phi) is 3.72. The van der Waals surface area contributed by atoms with Crippen LogP contribution in [0.2, 0.25) is 0 Å². The SMILES string of the molecule is O=C1CN(C(=O)Cc2ccc3c(c2)CCC3)CCCN1. The highest BCUT2D eigenvalue weighted by molar-refractivity contribution is 5.86. The van der Waals surface area contributed by atoms with Gasteiger partial charge in [0.25, 0.3) is 0 Å². The number of carbonyl (C=O) groups excluding carboxylic acids is 2. The van der Waals surface area contributed by atoms with Gasteiger partial charge < -0.3 is 10.2 Å². The van der Waals surface area contributed by atoms with E-state index in [1.165, 1.54) is 17.5 Å². The first-order valence-corrected chi connectivity index (χ1v) is 7.37. The fraction of sp³-hybridized carbons (Fsp3) is 0.500. The molecule has 1 fully saturated rings. The van der Waals surface area contributed by atoms with Crippen LogP contribution in [0.1, 0.15) is 29.5 Å². The highest BCUT2D eigenvalue weighted by atomic mass is 16.2. The van der Waals surface area contributed by atoms with Crippen molar-refractivity contribution in [1.82, 2.24) is 10.2 Å². The second kappa shape index (κ2) is 5.65. The summed E-state index contributed by atoms with van der Waals surface area (Å²) < 4.78 is 0. The van der Waals surface area contributed by atoms with E-state index in [0.717, 1.165) is 24.8 Å². The van der Waals surface area contributed by atoms with E-state index < -0.39 is 0 Å². The zero-order valence-corrected chi connectivity index (χ0v) is 11.7. The third kappa shape index (κ3) is 2.84. The molecule has 0 bridgehead atoms. The first-order valence-electron chi connectivity index (χ1n) is 7.37. The van der Waals surface area contributed by atoms with Crippen molar-refractivity contribution in [3.63, 3.8) is 0 Å². The molecule has 0 unspecified atom stereocenters. The molecular weight excluding hydrogens is 252 g/mol. The second-order valence-electron chi connectivity index (χ2n) is 5.65. The van der Waals surface area contributed by atoms with Crippen LogP contribution >= 0.6 is 0 Å². The molecule has 0 aromatic heterocycles. The Morgan fingerprint density at radius 2 is 2.05 bits per heavy atom. The molecule has 4 nitrogen and oxygen atoms in total. The number of amides is 2. The van der Waals surface area contributed by atoms with Crippen LogP contribution in [0, 0.1) is 0 Å². The topological polar surface area (TPSA) is 49.4 Å². The lowest BCUT2D eigenvalue weighted by molar-refractivity contribution is -0.134. The van der Waals surface area contributed by atoms with E-state index in [-0.39, 0.29) is 18.4 Å². The maximum atomic E-state index is 12.3. The van der Waals surface area contributed by atoms with Crippen molar-refractivity contribution in [3.8, 4) is 0 Å². The lowest BCUT2D eigenvalue weighted by Crippen LogP contribution is -2.38. The van der Waals surface area contributed by atoms with Gasteiger partial charge in [0, 0.05) is 13.1 Å². The van der Waals surface area contributed by atoms with Crippen molar-refractivity contribution in [2.45, 2.75) is 32.1 Å². The van der Waals surface area contributed by atoms with Crippen LogP contribution in [-0.2, 0) is 28.9 Å². The van der Waals surface area contributed by atoms with Gasteiger partial charge in [0.15, 0.2) is 0 Å². The number of aryl methyl sites for hydroxylation is 2. The molecule has 2 aliphatic rings. The fourth-order valence-corrected chi connectivity index (χ4v) is 3.04. The summed E-state index contributed by atoms with van der Waals surface area (Å²) in [5, 5.41) is 2.79. The third-order valence-electron chi connectivity index (χ3n) is 4.13. The van der Waals surface area contributed by atoms with Crippen LogP contribution in [0.4, 0.5) is 0 Å². The number of hydrogen-bond donors (Lipinski definition) is 1. The smallest absolute Gasteiger partial charge is 0.239 e. The van der Waals surface area contributed by atoms with Crippen LogP contribution in [-0.4, -0.2) is 36.3 Å². The van der Waals surface area contributed by atoms with Crippen molar-refractivity contribution < 1.29 is 9.59 Å². The normalized spacial score (nSPS) is 18.4. The molecule has 3 rings (SSSR count). The minimum atomic E-state index is -0.0511. The second-order valence-corrected chi connectivity index (χ2v) is 5.65. The van der Waals surface area contributed by atoms with Gasteiger partial charge >= 0.3 is 0 Å². The summed E-state index contributed by atoms with van der Waals surface area (Å²) in [7, 11) is 0. The molecule has 0 saturated carbocycles. The van der Waals surface area contributed by atoms with Crippen LogP contribution in [0.25, 0.3) is 0 Å². The predicted molar refractivity (Wildman–Crippen MR) is 76.4 cm³/mol. The van der Waals surface area contributed by atoms with E-state index in [4.69, 9.17) is 0 Å². The number of nitrogens with one attached hydrogen (secondary N) is 1. The summed E-state index contributed by atoms with van der Waals surface area (Å²) in [5.41, 5.74) is 3.89. The van der Waals surface area contributed by atoms with Crippen LogP contribution in [0.3, 0.4) is 0 Å². The molecule has 1 aromatic rings. The lowest BCUT2D eigenvalue weighted by atomic mass is 10.0. The van der Waals surface area contributed by atoms with Gasteiger partial charge in [-0.05, 0) is 42.4 Å². The molecule has 1 N–H and O–H groups in total. The van der Waals surface area contributed by atoms with Gasteiger partial charge in [0.05, 0.1) is 13.0 Å². The van der Waals surface area contributed by atoms with Gasteiger partial charge in [-0.2, -0.15) is 0 Å². The van der Waals surface area contributed by atoms with Crippen molar-refractivity contribution in [3.05, 3.63) is 34.9 Å². The molecule has 1 saturated heterocycles. The molecule has 106 valence electrons. The Bertz CT molecular complexity index is 539. The van der Waals surface area contributed by atoms with E-state index in [1.807, 2.05) is 0 Å². The summed E-state index contributed by atoms with van der Waals surface area (Å²) in [4.78, 5) is 25.5. The number of rotatable bonds is 2. The molecule has 1 aliphatic heterocycles. The lowest BCUT2D eigenvalue weighted by Gasteiger charge is -2.19. The van der Waals surface area contributed by atoms with Crippen LogP contribution < -0.4 is 5.32 Å². The van der Waals surface area contributed by atoms with Crippen molar-refractivity contribution in [2.24, 2.45) is 0 Å². The monoisotopic (exact) mass is 272 g/mol. The number of fused-ring (bicyclic) bond motifs is 1. The van der Waals surface area contributed by atoms with Gasteiger partial charge in [-0.1, -0.05) is 18.2 Å². The standard InChI is InChI=1S/C16H20N2O2/c19-15-11-18(8-2-7-17-15)16(20)10-12-5-6-13-3-1-4-14(13)9-12/h5-6,9H,1-4,7-8,10-11H2,(H,17,19). The van der Waals surface area contributed by atoms with Gasteiger partial charge in [0.2, 0.25) is 11.8 Å². The molecule has 20 heavy (non-hydrogen) atoms. The first kappa shape index (κ1) is 13.2. The Morgan fingerprint density at radius 1 is 1.20 bits per heavy atom. The zero-order valence-electron chi connectivity index (χ0n) is 11.7. The summed E-state index contributed by atoms with van der Waals surface area (Å²) in [5.74, 6) is 0.00444. The minimum absolute atomic E-state index is 0.0511. The maximum Gasteiger partial charge on any atom is 0.239 e. The molecule has 0 atom stereocenters. The van der Waals surface area contributed by atoms with Crippen LogP contribution in [0.15, 0.2) is 18.2 Å². The van der Waals surface area contributed by atoms with Crippen molar-refractivity contribution in [2.75, 3.05) is 19.6 Å². The number of carbonyl (C=O) groups is 2. The van der Waals surface area contributed by atoms with Crippen molar-refractivity contribution >= 4 is 11.8 Å². The van der Waals surface area contributed by atoms with E-state index in [2.05, 4.69) is 23.5 Å². The highest BCUT2D eigenvalue weighted by Gasteiger charge is 2.20. The van der Waals surface area contributed by atoms with E-state index >= 15 is 0 Å². The molecule has 0 radical (unpaired) electrons. The molecule has 1 heterocycles. The minimum Gasteiger partial charge on any atom is -0.354 e. The molecule has 1 aromatic carbocycles. The average Bonchev–Trinajstić information content (AvgIpc) is 2.78. The molecule has 0 spiro atoms. The summed E-state index contributed by atoms with van der Waals surface area (Å²) in [6.07, 6.45) is 4.75. The van der Waals surface area contributed by atoms with E-state index in [0.29, 0.717) is 19.5 Å². The molecule has 2 amide bonds. The largest absolute Gasteiger partial charge is 0.354 e. The summed E-state index contributed by atoms with van der Waals surface area (Å²) in [6, 6.07) is 6.37. The zero-order chi connectivity index (χ0) is 13.9. The Balaban J connectivity index is 1.67. The summed E-state index contributed by atoms with van der Waals surface area (Å²) >= 11 is 0. The Morgan fingerprint density at radius 3 is 2.95 bits per heavy atom. The summed E-state index contributed by atoms with van der Waals surface area (Å²) in [6.45, 7) is 1.54. The van der Waals surface area contributed by atoms with Gasteiger partial charge in [-0.15, -0.1) is 0 Å². The Labute approximate surface area is 119 Å². The fourth-order valence-electron chi connectivity index (χ4n) is 3.04. The quantitative estimate of drug-likeness (QED) is 0.875. The highest BCUT2D eigenvalue weighted by Crippen LogP contribution is 2.23. The van der Waals surface area contributed by atoms with Crippen molar-refractivity contribution in [1.29, 1.82) is 0 Å². The molecule has 4 heteroatoms. The van der Waals surface area contributed by atoms with Gasteiger partial charge in [-0.3, -0.25) is 9.59 Å². The van der Waals surface area contributed by atoms with Gasteiger partial charge in [0.1, 0.15) is 0 Å². The first-order chi connectivity index (χ1) is 9.72. The van der Waals surface area contributed by atoms with E-state index in [9.17, 15) is 9.59 Å². The van der Waals surface area contributed by atoms with E-state index in [1.54, 1.807) is 4.90 Å².